The predicted molar refractivity (Wildman–Crippen MR) is 83.4 cm³/mol. The second-order valence-electron chi connectivity index (χ2n) is 4.49. The number of halogens is 1. The van der Waals surface area contributed by atoms with Gasteiger partial charge in [-0.15, -0.1) is 0 Å². The molecule has 2 aromatic carbocycles. The first-order valence-electron chi connectivity index (χ1n) is 5.94. The lowest BCUT2D eigenvalue weighted by Crippen LogP contribution is -2.13. The van der Waals surface area contributed by atoms with Crippen molar-refractivity contribution in [3.05, 3.63) is 53.1 Å². The van der Waals surface area contributed by atoms with Crippen molar-refractivity contribution in [2.75, 3.05) is 17.3 Å². The zero-order valence-electron chi connectivity index (χ0n) is 11.1. The summed E-state index contributed by atoms with van der Waals surface area (Å²) in [4.78, 5) is 12.3. The maximum atomic E-state index is 12.1. The van der Waals surface area contributed by atoms with Gasteiger partial charge in [0.15, 0.2) is 9.84 Å². The number of anilines is 2. The van der Waals surface area contributed by atoms with Gasteiger partial charge in [-0.1, -0.05) is 17.7 Å². The van der Waals surface area contributed by atoms with Crippen LogP contribution in [0.25, 0.3) is 0 Å². The number of nitrogen functional groups attached to an aromatic ring is 1. The van der Waals surface area contributed by atoms with Crippen molar-refractivity contribution in [2.45, 2.75) is 4.90 Å². The number of carbonyl (C=O) groups is 1. The molecule has 0 fully saturated rings. The molecule has 0 aliphatic carbocycles. The van der Waals surface area contributed by atoms with E-state index in [0.717, 1.165) is 6.26 Å². The van der Waals surface area contributed by atoms with Crippen molar-refractivity contribution in [1.29, 1.82) is 0 Å². The summed E-state index contributed by atoms with van der Waals surface area (Å²) in [6.45, 7) is 0. The van der Waals surface area contributed by atoms with E-state index in [-0.39, 0.29) is 15.5 Å². The van der Waals surface area contributed by atoms with Gasteiger partial charge < -0.3 is 11.1 Å². The predicted octanol–water partition coefficient (Wildman–Crippen LogP) is 2.58. The van der Waals surface area contributed by atoms with Crippen molar-refractivity contribution in [3.8, 4) is 0 Å². The van der Waals surface area contributed by atoms with Gasteiger partial charge in [-0.25, -0.2) is 8.42 Å². The zero-order valence-corrected chi connectivity index (χ0v) is 12.7. The van der Waals surface area contributed by atoms with E-state index in [1.807, 2.05) is 0 Å². The van der Waals surface area contributed by atoms with Gasteiger partial charge in [-0.2, -0.15) is 0 Å². The molecule has 0 aliphatic heterocycles. The zero-order chi connectivity index (χ0) is 15.6. The molecule has 0 aromatic heterocycles. The molecule has 7 heteroatoms. The average molecular weight is 325 g/mol. The number of amides is 1. The number of benzene rings is 2. The van der Waals surface area contributed by atoms with E-state index in [0.29, 0.717) is 11.4 Å². The molecule has 0 atom stereocenters. The first-order valence-corrected chi connectivity index (χ1v) is 8.21. The summed E-state index contributed by atoms with van der Waals surface area (Å²) in [6.07, 6.45) is 1.10. The molecule has 21 heavy (non-hydrogen) atoms. The fourth-order valence-electron chi connectivity index (χ4n) is 1.72. The topological polar surface area (TPSA) is 89.3 Å². The summed E-state index contributed by atoms with van der Waals surface area (Å²) in [5, 5.41) is 2.86. The number of nitrogens with two attached hydrogens (primary N) is 1. The number of sulfone groups is 1. The Hall–Kier alpha value is -2.05. The molecule has 0 saturated carbocycles. The van der Waals surface area contributed by atoms with Crippen LogP contribution in [0.1, 0.15) is 10.4 Å². The van der Waals surface area contributed by atoms with Gasteiger partial charge in [0.2, 0.25) is 0 Å². The molecule has 2 rings (SSSR count). The molecule has 2 aromatic rings. The largest absolute Gasteiger partial charge is 0.399 e. The molecule has 0 unspecified atom stereocenters. The summed E-state index contributed by atoms with van der Waals surface area (Å²) in [5.41, 5.74) is 6.62. The summed E-state index contributed by atoms with van der Waals surface area (Å²) in [6, 6.07) is 10.5. The lowest BCUT2D eigenvalue weighted by molar-refractivity contribution is 0.102. The van der Waals surface area contributed by atoms with Crippen LogP contribution in [0, 0.1) is 0 Å². The second kappa shape index (κ2) is 5.75. The Morgan fingerprint density at radius 2 is 1.90 bits per heavy atom. The smallest absolute Gasteiger partial charge is 0.257 e. The van der Waals surface area contributed by atoms with Crippen molar-refractivity contribution in [3.63, 3.8) is 0 Å². The van der Waals surface area contributed by atoms with E-state index in [1.54, 1.807) is 18.2 Å². The first-order chi connectivity index (χ1) is 9.77. The standard InChI is InChI=1S/C14H13ClN2O3S/c1-21(19,20)11-4-2-3-10(8-11)17-14(18)12-7-9(16)5-6-13(12)15/h2-8H,16H2,1H3,(H,17,18). The van der Waals surface area contributed by atoms with Gasteiger partial charge in [0.05, 0.1) is 15.5 Å². The quantitative estimate of drug-likeness (QED) is 0.849. The van der Waals surface area contributed by atoms with Crippen molar-refractivity contribution in [2.24, 2.45) is 0 Å². The Morgan fingerprint density at radius 1 is 1.19 bits per heavy atom. The maximum Gasteiger partial charge on any atom is 0.257 e. The van der Waals surface area contributed by atoms with Crippen molar-refractivity contribution < 1.29 is 13.2 Å². The third-order valence-electron chi connectivity index (χ3n) is 2.76. The molecular formula is C14H13ClN2O3S. The minimum Gasteiger partial charge on any atom is -0.399 e. The number of rotatable bonds is 3. The molecule has 0 aliphatic rings. The molecular weight excluding hydrogens is 312 g/mol. The Bertz CT molecular complexity index is 804. The molecule has 0 bridgehead atoms. The molecule has 0 saturated heterocycles. The van der Waals surface area contributed by atoms with Gasteiger partial charge in [-0.05, 0) is 36.4 Å². The number of carbonyl (C=O) groups excluding carboxylic acids is 1. The first kappa shape index (κ1) is 15.3. The normalized spacial score (nSPS) is 11.1. The number of nitrogens with one attached hydrogen (secondary N) is 1. The highest BCUT2D eigenvalue weighted by molar-refractivity contribution is 7.90. The van der Waals surface area contributed by atoms with Crippen LogP contribution in [0.3, 0.4) is 0 Å². The van der Waals surface area contributed by atoms with E-state index in [1.165, 1.54) is 24.3 Å². The fourth-order valence-corrected chi connectivity index (χ4v) is 2.59. The van der Waals surface area contributed by atoms with E-state index in [4.69, 9.17) is 17.3 Å². The van der Waals surface area contributed by atoms with Crippen LogP contribution in [-0.2, 0) is 9.84 Å². The van der Waals surface area contributed by atoms with Crippen molar-refractivity contribution >= 4 is 38.7 Å². The number of hydrogen-bond acceptors (Lipinski definition) is 4. The van der Waals surface area contributed by atoms with Crippen LogP contribution in [0.4, 0.5) is 11.4 Å². The van der Waals surface area contributed by atoms with Crippen molar-refractivity contribution in [1.82, 2.24) is 0 Å². The third-order valence-corrected chi connectivity index (χ3v) is 4.19. The van der Waals surface area contributed by atoms with E-state index in [9.17, 15) is 13.2 Å². The average Bonchev–Trinajstić information content (AvgIpc) is 2.41. The Labute approximate surface area is 127 Å². The molecule has 3 N–H and O–H groups in total. The monoisotopic (exact) mass is 324 g/mol. The van der Waals surface area contributed by atoms with Crippen LogP contribution in [0.2, 0.25) is 5.02 Å². The van der Waals surface area contributed by atoms with Crippen LogP contribution < -0.4 is 11.1 Å². The van der Waals surface area contributed by atoms with Crippen LogP contribution in [0.5, 0.6) is 0 Å². The second-order valence-corrected chi connectivity index (χ2v) is 6.92. The van der Waals surface area contributed by atoms with Crippen LogP contribution in [0.15, 0.2) is 47.4 Å². The Morgan fingerprint density at radius 3 is 2.57 bits per heavy atom. The summed E-state index contributed by atoms with van der Waals surface area (Å²) in [7, 11) is -3.34. The van der Waals surface area contributed by atoms with Gasteiger partial charge in [0.25, 0.3) is 5.91 Å². The Balaban J connectivity index is 2.30. The lowest BCUT2D eigenvalue weighted by atomic mass is 10.2. The molecule has 0 radical (unpaired) electrons. The highest BCUT2D eigenvalue weighted by atomic mass is 35.5. The van der Waals surface area contributed by atoms with E-state index < -0.39 is 15.7 Å². The minimum atomic E-state index is -3.34. The molecule has 1 amide bonds. The summed E-state index contributed by atoms with van der Waals surface area (Å²) < 4.78 is 23.0. The molecule has 0 spiro atoms. The highest BCUT2D eigenvalue weighted by Gasteiger charge is 2.13. The van der Waals surface area contributed by atoms with E-state index in [2.05, 4.69) is 5.32 Å². The summed E-state index contributed by atoms with van der Waals surface area (Å²) in [5.74, 6) is -0.460. The lowest BCUT2D eigenvalue weighted by Gasteiger charge is -2.08. The Kier molecular flexibility index (Phi) is 4.20. The van der Waals surface area contributed by atoms with Gasteiger partial charge in [-0.3, -0.25) is 4.79 Å². The fraction of sp³-hybridized carbons (Fsp3) is 0.0714. The van der Waals surface area contributed by atoms with Crippen LogP contribution in [-0.4, -0.2) is 20.6 Å². The third kappa shape index (κ3) is 3.74. The SMILES string of the molecule is CS(=O)(=O)c1cccc(NC(=O)c2cc(N)ccc2Cl)c1. The highest BCUT2D eigenvalue weighted by Crippen LogP contribution is 2.21. The van der Waals surface area contributed by atoms with Crippen LogP contribution >= 0.6 is 11.6 Å². The summed E-state index contributed by atoms with van der Waals surface area (Å²) >= 11 is 5.95. The van der Waals surface area contributed by atoms with E-state index >= 15 is 0 Å². The van der Waals surface area contributed by atoms with Gasteiger partial charge in [0.1, 0.15) is 0 Å². The number of hydrogen-bond donors (Lipinski definition) is 2. The molecule has 5 nitrogen and oxygen atoms in total. The molecule has 0 heterocycles. The van der Waals surface area contributed by atoms with Gasteiger partial charge >= 0.3 is 0 Å². The minimum absolute atomic E-state index is 0.124. The molecule has 110 valence electrons. The maximum absolute atomic E-state index is 12.1. The van der Waals surface area contributed by atoms with Gasteiger partial charge in [0, 0.05) is 17.6 Å².